The van der Waals surface area contributed by atoms with E-state index in [9.17, 15) is 0 Å². The van der Waals surface area contributed by atoms with Crippen LogP contribution in [0.1, 0.15) is 17.2 Å². The fourth-order valence-electron chi connectivity index (χ4n) is 1.90. The number of thioether (sulfide) groups is 1. The van der Waals surface area contributed by atoms with Crippen molar-refractivity contribution in [2.75, 3.05) is 19.9 Å². The summed E-state index contributed by atoms with van der Waals surface area (Å²) in [7, 11) is 3.65. The molecule has 1 aromatic carbocycles. The molecule has 0 amide bonds. The minimum absolute atomic E-state index is 0.195. The van der Waals surface area contributed by atoms with E-state index in [1.165, 1.54) is 0 Å². The maximum Gasteiger partial charge on any atom is 0.187 e. The minimum Gasteiger partial charge on any atom is -0.496 e. The van der Waals surface area contributed by atoms with Crippen LogP contribution in [0.2, 0.25) is 0 Å². The monoisotopic (exact) mass is 289 g/mol. The zero-order valence-electron chi connectivity index (χ0n) is 12.0. The molecule has 1 N–H and O–H groups in total. The fourth-order valence-corrected chi connectivity index (χ4v) is 2.81. The van der Waals surface area contributed by atoms with Gasteiger partial charge in [0.05, 0.1) is 7.11 Å². The van der Waals surface area contributed by atoms with E-state index in [0.29, 0.717) is 0 Å². The van der Waals surface area contributed by atoms with Crippen molar-refractivity contribution in [3.05, 3.63) is 47.8 Å². The Morgan fingerprint density at radius 1 is 1.25 bits per heavy atom. The highest BCUT2D eigenvalue weighted by Crippen LogP contribution is 2.28. The maximum atomic E-state index is 5.42. The number of nitrogens with one attached hydrogen (secondary N) is 1. The van der Waals surface area contributed by atoms with Crippen molar-refractivity contribution < 1.29 is 4.74 Å². The summed E-state index contributed by atoms with van der Waals surface area (Å²) >= 11 is 1.64. The normalized spacial score (nSPS) is 12.2. The highest BCUT2D eigenvalue weighted by Gasteiger charge is 2.14. The van der Waals surface area contributed by atoms with Crippen LogP contribution in [0, 0.1) is 6.92 Å². The van der Waals surface area contributed by atoms with Gasteiger partial charge < -0.3 is 10.1 Å². The van der Waals surface area contributed by atoms with E-state index in [-0.39, 0.29) is 6.04 Å². The van der Waals surface area contributed by atoms with Crippen molar-refractivity contribution in [2.24, 2.45) is 0 Å². The van der Waals surface area contributed by atoms with E-state index >= 15 is 0 Å². The Morgan fingerprint density at radius 3 is 2.60 bits per heavy atom. The van der Waals surface area contributed by atoms with Crippen LogP contribution in [-0.2, 0) is 0 Å². The molecule has 20 heavy (non-hydrogen) atoms. The Kier molecular flexibility index (Phi) is 5.38. The molecule has 1 heterocycles. The minimum atomic E-state index is 0.195. The summed E-state index contributed by atoms with van der Waals surface area (Å²) in [6.45, 7) is 1.99. The largest absolute Gasteiger partial charge is 0.496 e. The standard InChI is InChI=1S/C15H19N3OS/c1-11-8-17-15(18-9-11)20-10-13(16-2)12-6-4-5-7-14(12)19-3/h4-9,13,16H,10H2,1-3H3. The molecule has 0 saturated carbocycles. The molecule has 0 bridgehead atoms. The summed E-state index contributed by atoms with van der Waals surface area (Å²) in [4.78, 5) is 8.63. The Morgan fingerprint density at radius 2 is 1.95 bits per heavy atom. The van der Waals surface area contributed by atoms with Gasteiger partial charge in [0.25, 0.3) is 0 Å². The Hall–Kier alpha value is -1.59. The van der Waals surface area contributed by atoms with Gasteiger partial charge in [0.1, 0.15) is 5.75 Å². The van der Waals surface area contributed by atoms with Crippen LogP contribution in [0.15, 0.2) is 41.8 Å². The van der Waals surface area contributed by atoms with Gasteiger partial charge in [0.2, 0.25) is 0 Å². The summed E-state index contributed by atoms with van der Waals surface area (Å²) < 4.78 is 5.42. The van der Waals surface area contributed by atoms with Crippen molar-refractivity contribution >= 4 is 11.8 Å². The van der Waals surface area contributed by atoms with Crippen LogP contribution in [0.3, 0.4) is 0 Å². The zero-order chi connectivity index (χ0) is 14.4. The molecule has 1 aromatic heterocycles. The number of rotatable bonds is 6. The third-order valence-corrected chi connectivity index (χ3v) is 3.97. The lowest BCUT2D eigenvalue weighted by Crippen LogP contribution is -2.19. The van der Waals surface area contributed by atoms with E-state index in [4.69, 9.17) is 4.74 Å². The predicted molar refractivity (Wildman–Crippen MR) is 82.3 cm³/mol. The van der Waals surface area contributed by atoms with Gasteiger partial charge in [-0.1, -0.05) is 30.0 Å². The first-order valence-electron chi connectivity index (χ1n) is 6.46. The van der Waals surface area contributed by atoms with Crippen LogP contribution < -0.4 is 10.1 Å². The lowest BCUT2D eigenvalue weighted by atomic mass is 10.1. The number of aryl methyl sites for hydroxylation is 1. The molecule has 0 saturated heterocycles. The van der Waals surface area contributed by atoms with Crippen LogP contribution in [0.4, 0.5) is 0 Å². The molecule has 106 valence electrons. The Balaban J connectivity index is 2.07. The van der Waals surface area contributed by atoms with Crippen molar-refractivity contribution in [3.8, 4) is 5.75 Å². The first-order chi connectivity index (χ1) is 9.74. The van der Waals surface area contributed by atoms with Crippen LogP contribution in [0.5, 0.6) is 5.75 Å². The van der Waals surface area contributed by atoms with E-state index < -0.39 is 0 Å². The third-order valence-electron chi connectivity index (χ3n) is 3.00. The highest BCUT2D eigenvalue weighted by atomic mass is 32.2. The second kappa shape index (κ2) is 7.26. The topological polar surface area (TPSA) is 47.0 Å². The molecular weight excluding hydrogens is 270 g/mol. The smallest absolute Gasteiger partial charge is 0.187 e. The molecule has 1 unspecified atom stereocenters. The number of nitrogens with zero attached hydrogens (tertiary/aromatic N) is 2. The SMILES string of the molecule is CNC(CSc1ncc(C)cn1)c1ccccc1OC. The number of hydrogen-bond donors (Lipinski definition) is 1. The van der Waals surface area contributed by atoms with Gasteiger partial charge in [0.15, 0.2) is 5.16 Å². The van der Waals surface area contributed by atoms with Crippen molar-refractivity contribution in [1.29, 1.82) is 0 Å². The van der Waals surface area contributed by atoms with E-state index in [1.807, 2.05) is 44.6 Å². The van der Waals surface area contributed by atoms with Crippen LogP contribution in [-0.4, -0.2) is 29.9 Å². The van der Waals surface area contributed by atoms with Crippen molar-refractivity contribution in [1.82, 2.24) is 15.3 Å². The summed E-state index contributed by atoms with van der Waals surface area (Å²) in [6.07, 6.45) is 3.68. The molecular formula is C15H19N3OS. The second-order valence-corrected chi connectivity index (χ2v) is 5.42. The van der Waals surface area contributed by atoms with Crippen molar-refractivity contribution in [3.63, 3.8) is 0 Å². The van der Waals surface area contributed by atoms with Crippen LogP contribution in [0.25, 0.3) is 0 Å². The number of para-hydroxylation sites is 1. The summed E-state index contributed by atoms with van der Waals surface area (Å²) in [5.74, 6) is 1.75. The molecule has 4 nitrogen and oxygen atoms in total. The average molecular weight is 289 g/mol. The molecule has 2 aromatic rings. The average Bonchev–Trinajstić information content (AvgIpc) is 2.50. The Labute approximate surface area is 124 Å². The predicted octanol–water partition coefficient (Wildman–Crippen LogP) is 2.85. The lowest BCUT2D eigenvalue weighted by molar-refractivity contribution is 0.404. The number of aromatic nitrogens is 2. The molecule has 5 heteroatoms. The van der Waals surface area contributed by atoms with E-state index in [2.05, 4.69) is 21.4 Å². The quantitative estimate of drug-likeness (QED) is 0.654. The summed E-state index contributed by atoms with van der Waals surface area (Å²) in [5.41, 5.74) is 2.22. The lowest BCUT2D eigenvalue weighted by Gasteiger charge is -2.18. The third kappa shape index (κ3) is 3.71. The number of ether oxygens (including phenoxy) is 1. The first-order valence-corrected chi connectivity index (χ1v) is 7.44. The molecule has 0 radical (unpaired) electrons. The molecule has 0 aliphatic heterocycles. The number of hydrogen-bond acceptors (Lipinski definition) is 5. The first kappa shape index (κ1) is 14.8. The summed E-state index contributed by atoms with van der Waals surface area (Å²) in [6, 6.07) is 8.25. The molecule has 0 aliphatic rings. The Bertz CT molecular complexity index is 545. The number of methoxy groups -OCH3 is 1. The van der Waals surface area contributed by atoms with Crippen LogP contribution >= 0.6 is 11.8 Å². The molecule has 0 spiro atoms. The maximum absolute atomic E-state index is 5.42. The molecule has 2 rings (SSSR count). The van der Waals surface area contributed by atoms with Gasteiger partial charge in [-0.05, 0) is 25.6 Å². The van der Waals surface area contributed by atoms with Gasteiger partial charge >= 0.3 is 0 Å². The van der Waals surface area contributed by atoms with E-state index in [0.717, 1.165) is 27.8 Å². The molecule has 0 fully saturated rings. The van der Waals surface area contributed by atoms with Gasteiger partial charge in [-0.3, -0.25) is 0 Å². The second-order valence-electron chi connectivity index (χ2n) is 4.44. The van der Waals surface area contributed by atoms with Crippen molar-refractivity contribution in [2.45, 2.75) is 18.1 Å². The molecule has 0 aliphatic carbocycles. The van der Waals surface area contributed by atoms with Gasteiger partial charge in [0, 0.05) is 29.8 Å². The molecule has 1 atom stereocenters. The zero-order valence-corrected chi connectivity index (χ0v) is 12.8. The van der Waals surface area contributed by atoms with Gasteiger partial charge in [-0.2, -0.15) is 0 Å². The van der Waals surface area contributed by atoms with E-state index in [1.54, 1.807) is 18.9 Å². The highest BCUT2D eigenvalue weighted by molar-refractivity contribution is 7.99. The van der Waals surface area contributed by atoms with Gasteiger partial charge in [-0.25, -0.2) is 9.97 Å². The summed E-state index contributed by atoms with van der Waals surface area (Å²) in [5, 5.41) is 4.12. The fraction of sp³-hybridized carbons (Fsp3) is 0.333. The van der Waals surface area contributed by atoms with Gasteiger partial charge in [-0.15, -0.1) is 0 Å². The number of benzene rings is 1.